The number of carbonyl (C=O) groups is 2. The number of carbonyl (C=O) groups excluding carboxylic acids is 2. The molecule has 1 aliphatic heterocycles. The number of aliphatic hydroxyl groups is 1. The van der Waals surface area contributed by atoms with Crippen molar-refractivity contribution in [2.45, 2.75) is 38.8 Å². The fraction of sp³-hybridized carbons (Fsp3) is 0.733. The topological polar surface area (TPSA) is 88.1 Å². The fourth-order valence-corrected chi connectivity index (χ4v) is 2.23. The van der Waals surface area contributed by atoms with Gasteiger partial charge < -0.3 is 24.8 Å². The van der Waals surface area contributed by atoms with Gasteiger partial charge in [0, 0.05) is 31.7 Å². The van der Waals surface area contributed by atoms with Crippen LogP contribution in [0.2, 0.25) is 0 Å². The van der Waals surface area contributed by atoms with Gasteiger partial charge in [0.05, 0.1) is 0 Å². The number of hydrogen-bond acceptors (Lipinski definition) is 5. The normalized spacial score (nSPS) is 21.9. The molecule has 7 nitrogen and oxygen atoms in total. The number of amides is 2. The van der Waals surface area contributed by atoms with Crippen LogP contribution in [0, 0.1) is 5.92 Å². The minimum absolute atomic E-state index is 0.131. The maximum atomic E-state index is 12.0. The van der Waals surface area contributed by atoms with Crippen molar-refractivity contribution in [2.24, 2.45) is 5.92 Å². The first-order valence-electron chi connectivity index (χ1n) is 7.39. The lowest BCUT2D eigenvalue weighted by Gasteiger charge is -2.38. The molecule has 22 heavy (non-hydrogen) atoms. The maximum Gasteiger partial charge on any atom is 0.410 e. The van der Waals surface area contributed by atoms with Gasteiger partial charge in [-0.3, -0.25) is 0 Å². The Labute approximate surface area is 131 Å². The third kappa shape index (κ3) is 5.93. The standard InChI is InChI=1S/C15H26N2O5/c1-5-8-21-13(19)16-12-6-7-17(9-11(12)10-18)14(20)22-15(2,3)4/h5,11-12,18H,1,6-10H2,2-4H3,(H,16,19). The molecule has 0 aromatic rings. The molecule has 0 saturated carbocycles. The number of likely N-dealkylation sites (tertiary alicyclic amines) is 1. The molecule has 2 amide bonds. The molecule has 1 heterocycles. The van der Waals surface area contributed by atoms with Gasteiger partial charge in [0.2, 0.25) is 0 Å². The predicted octanol–water partition coefficient (Wildman–Crippen LogP) is 1.52. The van der Waals surface area contributed by atoms with E-state index in [0.29, 0.717) is 19.5 Å². The summed E-state index contributed by atoms with van der Waals surface area (Å²) in [6.45, 7) is 9.66. The average molecular weight is 314 g/mol. The Hall–Kier alpha value is -1.76. The summed E-state index contributed by atoms with van der Waals surface area (Å²) in [5.41, 5.74) is -0.560. The summed E-state index contributed by atoms with van der Waals surface area (Å²) in [5.74, 6) is -0.252. The van der Waals surface area contributed by atoms with Crippen LogP contribution in [0.25, 0.3) is 0 Å². The Bertz CT molecular complexity index is 405. The summed E-state index contributed by atoms with van der Waals surface area (Å²) in [6.07, 6.45) is 1.06. The highest BCUT2D eigenvalue weighted by Gasteiger charge is 2.34. The molecule has 0 spiro atoms. The van der Waals surface area contributed by atoms with E-state index < -0.39 is 17.8 Å². The Morgan fingerprint density at radius 2 is 2.14 bits per heavy atom. The number of hydrogen-bond donors (Lipinski definition) is 2. The lowest BCUT2D eigenvalue weighted by molar-refractivity contribution is 0.00852. The van der Waals surface area contributed by atoms with Crippen molar-refractivity contribution in [3.05, 3.63) is 12.7 Å². The number of aliphatic hydroxyl groups excluding tert-OH is 1. The summed E-state index contributed by atoms with van der Waals surface area (Å²) in [4.78, 5) is 25.2. The monoisotopic (exact) mass is 314 g/mol. The van der Waals surface area contributed by atoms with Gasteiger partial charge in [-0.15, -0.1) is 0 Å². The molecule has 1 aliphatic rings. The molecule has 7 heteroatoms. The first kappa shape index (κ1) is 18.3. The lowest BCUT2D eigenvalue weighted by Crippen LogP contribution is -2.54. The van der Waals surface area contributed by atoms with Crippen molar-refractivity contribution in [3.8, 4) is 0 Å². The second-order valence-electron chi connectivity index (χ2n) is 6.30. The zero-order chi connectivity index (χ0) is 16.8. The van der Waals surface area contributed by atoms with Crippen molar-refractivity contribution in [3.63, 3.8) is 0 Å². The molecule has 0 radical (unpaired) electrons. The molecule has 1 saturated heterocycles. The van der Waals surface area contributed by atoms with E-state index in [-0.39, 0.29) is 25.2 Å². The Balaban J connectivity index is 2.54. The highest BCUT2D eigenvalue weighted by Crippen LogP contribution is 2.20. The van der Waals surface area contributed by atoms with E-state index in [4.69, 9.17) is 9.47 Å². The summed E-state index contributed by atoms with van der Waals surface area (Å²) in [6, 6.07) is -0.235. The third-order valence-corrected chi connectivity index (χ3v) is 3.26. The van der Waals surface area contributed by atoms with Crippen LogP contribution in [0.1, 0.15) is 27.2 Å². The lowest BCUT2D eigenvalue weighted by atomic mass is 9.93. The summed E-state index contributed by atoms with van der Waals surface area (Å²) < 4.78 is 10.2. The number of alkyl carbamates (subject to hydrolysis) is 1. The van der Waals surface area contributed by atoms with E-state index >= 15 is 0 Å². The number of piperidine rings is 1. The number of nitrogens with one attached hydrogen (secondary N) is 1. The van der Waals surface area contributed by atoms with Gasteiger partial charge >= 0.3 is 12.2 Å². The predicted molar refractivity (Wildman–Crippen MR) is 81.5 cm³/mol. The minimum atomic E-state index is -0.560. The van der Waals surface area contributed by atoms with Crippen LogP contribution in [-0.4, -0.2) is 60.1 Å². The highest BCUT2D eigenvalue weighted by atomic mass is 16.6. The van der Waals surface area contributed by atoms with Crippen molar-refractivity contribution in [1.82, 2.24) is 10.2 Å². The molecular weight excluding hydrogens is 288 g/mol. The average Bonchev–Trinajstić information content (AvgIpc) is 2.43. The molecule has 1 fully saturated rings. The molecule has 2 N–H and O–H groups in total. The number of ether oxygens (including phenoxy) is 2. The third-order valence-electron chi connectivity index (χ3n) is 3.26. The van der Waals surface area contributed by atoms with Crippen LogP contribution >= 0.6 is 0 Å². The molecule has 2 unspecified atom stereocenters. The van der Waals surface area contributed by atoms with Crippen molar-refractivity contribution >= 4 is 12.2 Å². The van der Waals surface area contributed by atoms with Crippen LogP contribution in [0.5, 0.6) is 0 Å². The first-order valence-corrected chi connectivity index (χ1v) is 7.39. The van der Waals surface area contributed by atoms with E-state index in [9.17, 15) is 14.7 Å². The van der Waals surface area contributed by atoms with Crippen molar-refractivity contribution < 1.29 is 24.2 Å². The van der Waals surface area contributed by atoms with Crippen molar-refractivity contribution in [2.75, 3.05) is 26.3 Å². The van der Waals surface area contributed by atoms with E-state index in [2.05, 4.69) is 11.9 Å². The molecule has 1 rings (SSSR count). The summed E-state index contributed by atoms with van der Waals surface area (Å²) in [5, 5.41) is 12.2. The van der Waals surface area contributed by atoms with Gasteiger partial charge in [-0.25, -0.2) is 9.59 Å². The second kappa shape index (κ2) is 8.03. The van der Waals surface area contributed by atoms with Gasteiger partial charge in [-0.1, -0.05) is 12.7 Å². The fourth-order valence-electron chi connectivity index (χ4n) is 2.23. The van der Waals surface area contributed by atoms with Gasteiger partial charge in [-0.05, 0) is 27.2 Å². The summed E-state index contributed by atoms with van der Waals surface area (Å²) >= 11 is 0. The maximum absolute atomic E-state index is 12.0. The van der Waals surface area contributed by atoms with Crippen molar-refractivity contribution in [1.29, 1.82) is 0 Å². The van der Waals surface area contributed by atoms with E-state index in [0.717, 1.165) is 0 Å². The zero-order valence-corrected chi connectivity index (χ0v) is 13.5. The van der Waals surface area contributed by atoms with Gasteiger partial charge in [0.15, 0.2) is 0 Å². The Morgan fingerprint density at radius 3 is 2.68 bits per heavy atom. The molecule has 126 valence electrons. The van der Waals surface area contributed by atoms with E-state index in [1.807, 2.05) is 0 Å². The smallest absolute Gasteiger partial charge is 0.410 e. The van der Waals surface area contributed by atoms with Crippen LogP contribution in [-0.2, 0) is 9.47 Å². The SMILES string of the molecule is C=CCOC(=O)NC1CCN(C(=O)OC(C)(C)C)CC1CO. The Kier molecular flexibility index (Phi) is 6.67. The van der Waals surface area contributed by atoms with Gasteiger partial charge in [-0.2, -0.15) is 0 Å². The van der Waals surface area contributed by atoms with Gasteiger partial charge in [0.1, 0.15) is 12.2 Å². The quantitative estimate of drug-likeness (QED) is 0.768. The molecule has 0 aromatic heterocycles. The minimum Gasteiger partial charge on any atom is -0.445 e. The molecule has 0 aliphatic carbocycles. The highest BCUT2D eigenvalue weighted by molar-refractivity contribution is 5.69. The summed E-state index contributed by atoms with van der Waals surface area (Å²) in [7, 11) is 0. The van der Waals surface area contributed by atoms with E-state index in [1.54, 1.807) is 25.7 Å². The first-order chi connectivity index (χ1) is 10.3. The largest absolute Gasteiger partial charge is 0.445 e. The van der Waals surface area contributed by atoms with Gasteiger partial charge in [0.25, 0.3) is 0 Å². The Morgan fingerprint density at radius 1 is 1.45 bits per heavy atom. The van der Waals surface area contributed by atoms with Crippen LogP contribution < -0.4 is 5.32 Å². The number of rotatable bonds is 4. The number of nitrogens with zero attached hydrogens (tertiary/aromatic N) is 1. The van der Waals surface area contributed by atoms with Crippen LogP contribution in [0.4, 0.5) is 9.59 Å². The second-order valence-corrected chi connectivity index (χ2v) is 6.30. The molecule has 0 bridgehead atoms. The van der Waals surface area contributed by atoms with Crippen LogP contribution in [0.15, 0.2) is 12.7 Å². The van der Waals surface area contributed by atoms with E-state index in [1.165, 1.54) is 6.08 Å². The van der Waals surface area contributed by atoms with Crippen LogP contribution in [0.3, 0.4) is 0 Å². The molecular formula is C15H26N2O5. The molecule has 2 atom stereocenters. The zero-order valence-electron chi connectivity index (χ0n) is 13.5. The molecule has 0 aromatic carbocycles.